The molecule has 0 aliphatic heterocycles. The number of nitrogens with one attached hydrogen (secondary N) is 1. The van der Waals surface area contributed by atoms with E-state index in [1.807, 2.05) is 0 Å². The summed E-state index contributed by atoms with van der Waals surface area (Å²) in [4.78, 5) is 0. The average Bonchev–Trinajstić information content (AvgIpc) is 2.86. The quantitative estimate of drug-likeness (QED) is 0.784. The van der Waals surface area contributed by atoms with Crippen LogP contribution in [-0.2, 0) is 0 Å². The van der Waals surface area contributed by atoms with E-state index in [9.17, 15) is 13.2 Å². The summed E-state index contributed by atoms with van der Waals surface area (Å²) in [5, 5.41) is 3.60. The van der Waals surface area contributed by atoms with Crippen LogP contribution in [0.5, 0.6) is 0 Å². The molecule has 0 spiro atoms. The maximum atomic E-state index is 13.4. The van der Waals surface area contributed by atoms with Crippen molar-refractivity contribution in [2.45, 2.75) is 6.04 Å². The highest BCUT2D eigenvalue weighted by Gasteiger charge is 2.18. The smallest absolute Gasteiger partial charge is 0.159 e. The fourth-order valence-corrected chi connectivity index (χ4v) is 2.34. The number of furan rings is 1. The van der Waals surface area contributed by atoms with Crippen molar-refractivity contribution in [2.24, 2.45) is 0 Å². The number of hydrogen-bond acceptors (Lipinski definition) is 2. The number of fused-ring (bicyclic) bond motifs is 1. The summed E-state index contributed by atoms with van der Waals surface area (Å²) < 4.78 is 45.2. The molecule has 5 heteroatoms. The van der Waals surface area contributed by atoms with E-state index in [-0.39, 0.29) is 5.82 Å². The van der Waals surface area contributed by atoms with Gasteiger partial charge in [-0.1, -0.05) is 6.07 Å². The van der Waals surface area contributed by atoms with E-state index in [0.29, 0.717) is 22.3 Å². The van der Waals surface area contributed by atoms with E-state index in [2.05, 4.69) is 5.32 Å². The summed E-state index contributed by atoms with van der Waals surface area (Å²) in [6.45, 7) is 0. The molecule has 1 unspecified atom stereocenters. The van der Waals surface area contributed by atoms with E-state index in [4.69, 9.17) is 4.42 Å². The molecule has 1 heterocycles. The summed E-state index contributed by atoms with van der Waals surface area (Å²) in [5.41, 5.74) is 1.06. The summed E-state index contributed by atoms with van der Waals surface area (Å²) in [6.07, 6.45) is 0. The average molecular weight is 291 g/mol. The minimum absolute atomic E-state index is 0.358. The van der Waals surface area contributed by atoms with Crippen LogP contribution in [0.1, 0.15) is 17.4 Å². The van der Waals surface area contributed by atoms with Crippen molar-refractivity contribution in [2.75, 3.05) is 7.05 Å². The molecule has 0 aliphatic rings. The first-order valence-electron chi connectivity index (χ1n) is 6.39. The van der Waals surface area contributed by atoms with Crippen molar-refractivity contribution >= 4 is 11.0 Å². The minimum Gasteiger partial charge on any atom is -0.459 e. The Morgan fingerprint density at radius 3 is 2.48 bits per heavy atom. The molecule has 3 rings (SSSR count). The van der Waals surface area contributed by atoms with Crippen molar-refractivity contribution in [3.8, 4) is 0 Å². The third-order valence-corrected chi connectivity index (χ3v) is 3.35. The number of rotatable bonds is 3. The first kappa shape index (κ1) is 13.7. The Morgan fingerprint density at radius 1 is 0.952 bits per heavy atom. The standard InChI is InChI=1S/C16H12F3NO/c1-20-16(9-2-4-12(18)13(19)7-9)15-8-10-6-11(17)3-5-14(10)21-15/h2-8,16,20H,1H3. The van der Waals surface area contributed by atoms with Gasteiger partial charge >= 0.3 is 0 Å². The Kier molecular flexibility index (Phi) is 3.43. The van der Waals surface area contributed by atoms with Crippen LogP contribution < -0.4 is 5.32 Å². The zero-order chi connectivity index (χ0) is 15.0. The lowest BCUT2D eigenvalue weighted by Crippen LogP contribution is -2.17. The molecule has 1 N–H and O–H groups in total. The van der Waals surface area contributed by atoms with Gasteiger partial charge in [0.15, 0.2) is 11.6 Å². The lowest BCUT2D eigenvalue weighted by atomic mass is 10.0. The SMILES string of the molecule is CNC(c1ccc(F)c(F)c1)c1cc2cc(F)ccc2o1. The molecule has 0 saturated carbocycles. The van der Waals surface area contributed by atoms with Gasteiger partial charge in [0.05, 0.1) is 6.04 Å². The van der Waals surface area contributed by atoms with Gasteiger partial charge in [0, 0.05) is 5.39 Å². The molecule has 108 valence electrons. The highest BCUT2D eigenvalue weighted by molar-refractivity contribution is 5.78. The van der Waals surface area contributed by atoms with Crippen LogP contribution in [0.15, 0.2) is 46.9 Å². The molecule has 0 radical (unpaired) electrons. The maximum Gasteiger partial charge on any atom is 0.159 e. The molecule has 2 nitrogen and oxygen atoms in total. The summed E-state index contributed by atoms with van der Waals surface area (Å²) in [5.74, 6) is -1.68. The van der Waals surface area contributed by atoms with Crippen molar-refractivity contribution in [3.05, 3.63) is 71.2 Å². The van der Waals surface area contributed by atoms with Crippen LogP contribution in [0.25, 0.3) is 11.0 Å². The van der Waals surface area contributed by atoms with Gasteiger partial charge < -0.3 is 9.73 Å². The lowest BCUT2D eigenvalue weighted by Gasteiger charge is -2.14. The van der Waals surface area contributed by atoms with Crippen molar-refractivity contribution in [1.29, 1.82) is 0 Å². The molecular weight excluding hydrogens is 279 g/mol. The highest BCUT2D eigenvalue weighted by Crippen LogP contribution is 2.29. The van der Waals surface area contributed by atoms with Crippen LogP contribution in [-0.4, -0.2) is 7.05 Å². The Bertz CT molecular complexity index is 797. The first-order valence-corrected chi connectivity index (χ1v) is 6.39. The molecule has 0 fully saturated rings. The van der Waals surface area contributed by atoms with Crippen molar-refractivity contribution in [1.82, 2.24) is 5.32 Å². The van der Waals surface area contributed by atoms with E-state index in [1.165, 1.54) is 24.3 Å². The second kappa shape index (κ2) is 5.26. The first-order chi connectivity index (χ1) is 10.1. The Labute approximate surface area is 119 Å². The van der Waals surface area contributed by atoms with Crippen LogP contribution in [0.4, 0.5) is 13.2 Å². The van der Waals surface area contributed by atoms with Gasteiger partial charge in [0.2, 0.25) is 0 Å². The molecule has 3 aromatic rings. The number of benzene rings is 2. The van der Waals surface area contributed by atoms with Crippen LogP contribution >= 0.6 is 0 Å². The monoisotopic (exact) mass is 291 g/mol. The fourth-order valence-electron chi connectivity index (χ4n) is 2.34. The van der Waals surface area contributed by atoms with Gasteiger partial charge in [-0.15, -0.1) is 0 Å². The van der Waals surface area contributed by atoms with Crippen molar-refractivity contribution < 1.29 is 17.6 Å². The van der Waals surface area contributed by atoms with Crippen LogP contribution in [0.3, 0.4) is 0 Å². The molecule has 1 atom stereocenters. The minimum atomic E-state index is -0.921. The molecule has 1 aromatic heterocycles. The molecular formula is C16H12F3NO. The van der Waals surface area contributed by atoms with Crippen LogP contribution in [0.2, 0.25) is 0 Å². The maximum absolute atomic E-state index is 13.4. The normalized spacial score (nSPS) is 12.8. The largest absolute Gasteiger partial charge is 0.459 e. The molecule has 21 heavy (non-hydrogen) atoms. The molecule has 0 bridgehead atoms. The molecule has 2 aromatic carbocycles. The highest BCUT2D eigenvalue weighted by atomic mass is 19.2. The predicted molar refractivity (Wildman–Crippen MR) is 73.4 cm³/mol. The summed E-state index contributed by atoms with van der Waals surface area (Å²) >= 11 is 0. The Morgan fingerprint density at radius 2 is 1.76 bits per heavy atom. The Hall–Kier alpha value is -2.27. The Balaban J connectivity index is 2.06. The van der Waals surface area contributed by atoms with Crippen LogP contribution in [0, 0.1) is 17.5 Å². The van der Waals surface area contributed by atoms with Gasteiger partial charge in [-0.2, -0.15) is 0 Å². The summed E-state index contributed by atoms with van der Waals surface area (Å²) in [7, 11) is 1.68. The molecule has 0 aliphatic carbocycles. The number of halogens is 3. The number of hydrogen-bond donors (Lipinski definition) is 1. The summed E-state index contributed by atoms with van der Waals surface area (Å²) in [6, 6.07) is 9.10. The third kappa shape index (κ3) is 2.52. The molecule has 0 amide bonds. The second-order valence-corrected chi connectivity index (χ2v) is 4.73. The van der Waals surface area contributed by atoms with Crippen molar-refractivity contribution in [3.63, 3.8) is 0 Å². The third-order valence-electron chi connectivity index (χ3n) is 3.35. The van der Waals surface area contributed by atoms with Gasteiger partial charge in [0.1, 0.15) is 17.2 Å². The van der Waals surface area contributed by atoms with Gasteiger partial charge in [-0.05, 0) is 49.0 Å². The predicted octanol–water partition coefficient (Wildman–Crippen LogP) is 4.16. The second-order valence-electron chi connectivity index (χ2n) is 4.73. The zero-order valence-electron chi connectivity index (χ0n) is 11.2. The molecule has 0 saturated heterocycles. The lowest BCUT2D eigenvalue weighted by molar-refractivity contribution is 0.481. The van der Waals surface area contributed by atoms with E-state index in [0.717, 1.165) is 12.1 Å². The van der Waals surface area contributed by atoms with Gasteiger partial charge in [-0.3, -0.25) is 0 Å². The van der Waals surface area contributed by atoms with E-state index < -0.39 is 17.7 Å². The van der Waals surface area contributed by atoms with Gasteiger partial charge in [0.25, 0.3) is 0 Å². The van der Waals surface area contributed by atoms with E-state index in [1.54, 1.807) is 13.1 Å². The fraction of sp³-hybridized carbons (Fsp3) is 0.125. The van der Waals surface area contributed by atoms with Gasteiger partial charge in [-0.25, -0.2) is 13.2 Å². The van der Waals surface area contributed by atoms with E-state index >= 15 is 0 Å². The zero-order valence-corrected chi connectivity index (χ0v) is 11.2. The topological polar surface area (TPSA) is 25.2 Å².